The van der Waals surface area contributed by atoms with Gasteiger partial charge in [-0.15, -0.1) is 0 Å². The van der Waals surface area contributed by atoms with Crippen LogP contribution in [0.3, 0.4) is 0 Å². The largest absolute Gasteiger partial charge is 0.467 e. The Morgan fingerprint density at radius 1 is 1.56 bits per heavy atom. The zero-order chi connectivity index (χ0) is 12.8. The molecular formula is C11H24N2O3. The molecule has 2 N–H and O–H groups in total. The number of methoxy groups -OCH3 is 1. The number of aliphatic hydroxyl groups is 1. The van der Waals surface area contributed by atoms with Crippen LogP contribution in [0.4, 0.5) is 0 Å². The SMILES string of the molecule is COC(=O)C(C)(O)CNCCN(C)C(C)C. The van der Waals surface area contributed by atoms with Gasteiger partial charge in [-0.3, -0.25) is 0 Å². The van der Waals surface area contributed by atoms with Gasteiger partial charge in [-0.05, 0) is 27.8 Å². The molecule has 1 unspecified atom stereocenters. The van der Waals surface area contributed by atoms with Crippen LogP contribution in [0.15, 0.2) is 0 Å². The van der Waals surface area contributed by atoms with Gasteiger partial charge in [0.2, 0.25) is 0 Å². The Morgan fingerprint density at radius 2 is 2.12 bits per heavy atom. The molecular weight excluding hydrogens is 208 g/mol. The first-order valence-electron chi connectivity index (χ1n) is 5.53. The summed E-state index contributed by atoms with van der Waals surface area (Å²) >= 11 is 0. The van der Waals surface area contributed by atoms with Gasteiger partial charge in [0.25, 0.3) is 0 Å². The lowest BCUT2D eigenvalue weighted by molar-refractivity contribution is -0.159. The van der Waals surface area contributed by atoms with Crippen molar-refractivity contribution in [2.75, 3.05) is 33.8 Å². The second-order valence-corrected chi connectivity index (χ2v) is 4.52. The summed E-state index contributed by atoms with van der Waals surface area (Å²) in [5.74, 6) is -0.614. The third-order valence-corrected chi connectivity index (χ3v) is 2.62. The van der Waals surface area contributed by atoms with Crippen LogP contribution in [0, 0.1) is 0 Å². The van der Waals surface area contributed by atoms with Crippen molar-refractivity contribution in [2.24, 2.45) is 0 Å². The molecule has 0 saturated carbocycles. The molecule has 0 rings (SSSR count). The molecule has 0 heterocycles. The van der Waals surface area contributed by atoms with E-state index in [-0.39, 0.29) is 6.54 Å². The molecule has 1 atom stereocenters. The van der Waals surface area contributed by atoms with Crippen molar-refractivity contribution in [3.8, 4) is 0 Å². The highest BCUT2D eigenvalue weighted by atomic mass is 16.5. The van der Waals surface area contributed by atoms with E-state index in [9.17, 15) is 9.90 Å². The van der Waals surface area contributed by atoms with E-state index in [1.807, 2.05) is 7.05 Å². The van der Waals surface area contributed by atoms with Crippen molar-refractivity contribution < 1.29 is 14.6 Å². The number of nitrogens with zero attached hydrogens (tertiary/aromatic N) is 1. The van der Waals surface area contributed by atoms with Crippen LogP contribution in [-0.4, -0.2) is 61.4 Å². The lowest BCUT2D eigenvalue weighted by Gasteiger charge is -2.23. The van der Waals surface area contributed by atoms with Crippen LogP contribution in [0.25, 0.3) is 0 Å². The Kier molecular flexibility index (Phi) is 6.55. The molecule has 5 heteroatoms. The van der Waals surface area contributed by atoms with Crippen molar-refractivity contribution in [1.29, 1.82) is 0 Å². The molecule has 0 aromatic heterocycles. The van der Waals surface area contributed by atoms with Crippen LogP contribution in [0.2, 0.25) is 0 Å². The van der Waals surface area contributed by atoms with E-state index in [2.05, 4.69) is 28.8 Å². The first kappa shape index (κ1) is 15.3. The number of carbonyl (C=O) groups is 1. The minimum atomic E-state index is -1.45. The van der Waals surface area contributed by atoms with Gasteiger partial charge in [0.15, 0.2) is 5.60 Å². The topological polar surface area (TPSA) is 61.8 Å². The molecule has 0 aromatic carbocycles. The zero-order valence-corrected chi connectivity index (χ0v) is 10.9. The Morgan fingerprint density at radius 3 is 2.56 bits per heavy atom. The predicted molar refractivity (Wildman–Crippen MR) is 63.3 cm³/mol. The highest BCUT2D eigenvalue weighted by molar-refractivity contribution is 5.78. The van der Waals surface area contributed by atoms with E-state index in [0.717, 1.165) is 13.1 Å². The second kappa shape index (κ2) is 6.83. The number of carbonyl (C=O) groups excluding carboxylic acids is 1. The summed E-state index contributed by atoms with van der Waals surface area (Å²) in [6, 6.07) is 0.489. The quantitative estimate of drug-likeness (QED) is 0.472. The Hall–Kier alpha value is -0.650. The summed E-state index contributed by atoms with van der Waals surface area (Å²) in [5.41, 5.74) is -1.45. The molecule has 5 nitrogen and oxygen atoms in total. The van der Waals surface area contributed by atoms with Crippen molar-refractivity contribution >= 4 is 5.97 Å². The lowest BCUT2D eigenvalue weighted by Crippen LogP contribution is -2.47. The number of ether oxygens (including phenoxy) is 1. The molecule has 0 aliphatic carbocycles. The Bertz CT molecular complexity index is 217. The van der Waals surface area contributed by atoms with Crippen LogP contribution < -0.4 is 5.32 Å². The van der Waals surface area contributed by atoms with E-state index in [1.54, 1.807) is 0 Å². The molecule has 0 spiro atoms. The van der Waals surface area contributed by atoms with E-state index in [4.69, 9.17) is 0 Å². The van der Waals surface area contributed by atoms with Gasteiger partial charge < -0.3 is 20.1 Å². The van der Waals surface area contributed by atoms with Gasteiger partial charge in [-0.2, -0.15) is 0 Å². The average Bonchev–Trinajstić information content (AvgIpc) is 2.22. The fourth-order valence-electron chi connectivity index (χ4n) is 1.14. The maximum absolute atomic E-state index is 11.1. The van der Waals surface area contributed by atoms with E-state index >= 15 is 0 Å². The summed E-state index contributed by atoms with van der Waals surface area (Å²) < 4.78 is 4.49. The normalized spacial score (nSPS) is 15.2. The highest BCUT2D eigenvalue weighted by Gasteiger charge is 2.30. The van der Waals surface area contributed by atoms with Crippen LogP contribution in [-0.2, 0) is 9.53 Å². The van der Waals surface area contributed by atoms with Gasteiger partial charge >= 0.3 is 5.97 Å². The van der Waals surface area contributed by atoms with Crippen LogP contribution >= 0.6 is 0 Å². The maximum atomic E-state index is 11.1. The summed E-state index contributed by atoms with van der Waals surface area (Å²) in [4.78, 5) is 13.3. The third-order valence-electron chi connectivity index (χ3n) is 2.62. The monoisotopic (exact) mass is 232 g/mol. The molecule has 0 amide bonds. The molecule has 0 radical (unpaired) electrons. The number of esters is 1. The van der Waals surface area contributed by atoms with Gasteiger partial charge in [-0.25, -0.2) is 4.79 Å². The summed E-state index contributed by atoms with van der Waals surface area (Å²) in [6.07, 6.45) is 0. The second-order valence-electron chi connectivity index (χ2n) is 4.52. The first-order valence-corrected chi connectivity index (χ1v) is 5.53. The fraction of sp³-hybridized carbons (Fsp3) is 0.909. The van der Waals surface area contributed by atoms with Crippen molar-refractivity contribution in [1.82, 2.24) is 10.2 Å². The highest BCUT2D eigenvalue weighted by Crippen LogP contribution is 2.03. The van der Waals surface area contributed by atoms with E-state index in [1.165, 1.54) is 14.0 Å². The number of hydrogen-bond donors (Lipinski definition) is 2. The van der Waals surface area contributed by atoms with Crippen molar-refractivity contribution in [2.45, 2.75) is 32.4 Å². The summed E-state index contributed by atoms with van der Waals surface area (Å²) in [6.45, 7) is 7.47. The van der Waals surface area contributed by atoms with Crippen molar-refractivity contribution in [3.63, 3.8) is 0 Å². The van der Waals surface area contributed by atoms with Crippen LogP contribution in [0.1, 0.15) is 20.8 Å². The first-order chi connectivity index (χ1) is 7.31. The number of hydrogen-bond acceptors (Lipinski definition) is 5. The minimum Gasteiger partial charge on any atom is -0.467 e. The lowest BCUT2D eigenvalue weighted by atomic mass is 10.1. The Balaban J connectivity index is 3.78. The van der Waals surface area contributed by atoms with E-state index in [0.29, 0.717) is 6.04 Å². The maximum Gasteiger partial charge on any atom is 0.338 e. The molecule has 0 bridgehead atoms. The zero-order valence-electron chi connectivity index (χ0n) is 10.9. The van der Waals surface area contributed by atoms with Gasteiger partial charge in [0, 0.05) is 25.7 Å². The molecule has 0 aliphatic heterocycles. The standard InChI is InChI=1S/C11H24N2O3/c1-9(2)13(4)7-6-12-8-11(3,15)10(14)16-5/h9,12,15H,6-8H2,1-5H3. The van der Waals surface area contributed by atoms with Gasteiger partial charge in [0.1, 0.15) is 0 Å². The number of nitrogens with one attached hydrogen (secondary N) is 1. The summed E-state index contributed by atoms with van der Waals surface area (Å²) in [5, 5.41) is 12.7. The molecule has 0 fully saturated rings. The molecule has 0 aliphatic rings. The number of likely N-dealkylation sites (N-methyl/N-ethyl adjacent to an activating group) is 1. The average molecular weight is 232 g/mol. The molecule has 16 heavy (non-hydrogen) atoms. The van der Waals surface area contributed by atoms with Crippen LogP contribution in [0.5, 0.6) is 0 Å². The molecule has 0 saturated heterocycles. The molecule has 0 aromatic rings. The summed E-state index contributed by atoms with van der Waals surface area (Å²) in [7, 11) is 3.30. The van der Waals surface area contributed by atoms with Gasteiger partial charge in [-0.1, -0.05) is 0 Å². The predicted octanol–water partition coefficient (Wildman–Crippen LogP) is -0.160. The minimum absolute atomic E-state index is 0.200. The van der Waals surface area contributed by atoms with Crippen molar-refractivity contribution in [3.05, 3.63) is 0 Å². The smallest absolute Gasteiger partial charge is 0.338 e. The van der Waals surface area contributed by atoms with Gasteiger partial charge in [0.05, 0.1) is 7.11 Å². The third kappa shape index (κ3) is 5.44. The fourth-order valence-corrected chi connectivity index (χ4v) is 1.14. The van der Waals surface area contributed by atoms with E-state index < -0.39 is 11.6 Å². The molecule has 96 valence electrons. The number of rotatable bonds is 7. The Labute approximate surface area is 97.8 Å².